The Morgan fingerprint density at radius 1 is 1.11 bits per heavy atom. The van der Waals surface area contributed by atoms with Crippen molar-refractivity contribution in [1.29, 1.82) is 0 Å². The summed E-state index contributed by atoms with van der Waals surface area (Å²) in [5.74, 6) is -0.291. The first-order valence-corrected chi connectivity index (χ1v) is 9.11. The van der Waals surface area contributed by atoms with E-state index in [0.717, 1.165) is 16.7 Å². The first-order valence-electron chi connectivity index (χ1n) is 8.74. The molecule has 0 aliphatic heterocycles. The molecule has 0 aliphatic rings. The van der Waals surface area contributed by atoms with Crippen LogP contribution in [0.15, 0.2) is 36.4 Å². The van der Waals surface area contributed by atoms with Gasteiger partial charge in [-0.1, -0.05) is 23.7 Å². The minimum atomic E-state index is -1.33. The molecule has 1 N–H and O–H groups in total. The molecule has 0 radical (unpaired) electrons. The van der Waals surface area contributed by atoms with Gasteiger partial charge in [0, 0.05) is 11.9 Å². The van der Waals surface area contributed by atoms with Gasteiger partial charge in [0.25, 0.3) is 5.91 Å². The monoisotopic (exact) mass is 405 g/mol. The summed E-state index contributed by atoms with van der Waals surface area (Å²) in [6.45, 7) is 8.33. The molecule has 0 bridgehead atoms. The predicted octanol–water partition coefficient (Wildman–Crippen LogP) is 4.54. The van der Waals surface area contributed by atoms with Gasteiger partial charge in [-0.05, 0) is 68.7 Å². The lowest BCUT2D eigenvalue weighted by Gasteiger charge is -2.24. The van der Waals surface area contributed by atoms with Gasteiger partial charge in [0.1, 0.15) is 5.75 Å². The Kier molecular flexibility index (Phi) is 6.56. The van der Waals surface area contributed by atoms with Crippen molar-refractivity contribution in [3.63, 3.8) is 0 Å². The SMILES string of the molecule is CC(=O)N(Cc1ccc(OC(C)(C)C(=O)O)cc1)Oc1c(C)cc(Cl)cc1C. The third-order valence-electron chi connectivity index (χ3n) is 4.12. The zero-order valence-electron chi connectivity index (χ0n) is 16.6. The van der Waals surface area contributed by atoms with Crippen LogP contribution in [0.5, 0.6) is 11.5 Å². The maximum Gasteiger partial charge on any atom is 0.347 e. The van der Waals surface area contributed by atoms with Crippen LogP contribution in [0.1, 0.15) is 37.5 Å². The van der Waals surface area contributed by atoms with Crippen molar-refractivity contribution in [2.75, 3.05) is 0 Å². The zero-order valence-corrected chi connectivity index (χ0v) is 17.3. The third-order valence-corrected chi connectivity index (χ3v) is 4.33. The molecule has 0 atom stereocenters. The molecule has 6 nitrogen and oxygen atoms in total. The molecule has 0 heterocycles. The summed E-state index contributed by atoms with van der Waals surface area (Å²) < 4.78 is 5.49. The second-order valence-electron chi connectivity index (χ2n) is 7.08. The zero-order chi connectivity index (χ0) is 21.1. The van der Waals surface area contributed by atoms with Gasteiger partial charge in [-0.3, -0.25) is 4.79 Å². The fourth-order valence-corrected chi connectivity index (χ4v) is 2.85. The molecule has 7 heteroatoms. The van der Waals surface area contributed by atoms with Crippen LogP contribution in [0.4, 0.5) is 0 Å². The van der Waals surface area contributed by atoms with Crippen LogP contribution >= 0.6 is 11.6 Å². The molecule has 0 saturated heterocycles. The Bertz CT molecular complexity index is 854. The molecule has 0 aromatic heterocycles. The van der Waals surface area contributed by atoms with Crippen molar-refractivity contribution >= 4 is 23.5 Å². The number of nitrogens with zero attached hydrogens (tertiary/aromatic N) is 1. The maximum absolute atomic E-state index is 12.1. The smallest absolute Gasteiger partial charge is 0.347 e. The highest BCUT2D eigenvalue weighted by molar-refractivity contribution is 6.30. The quantitative estimate of drug-likeness (QED) is 0.684. The van der Waals surface area contributed by atoms with Gasteiger partial charge in [0.2, 0.25) is 0 Å². The van der Waals surface area contributed by atoms with E-state index in [4.69, 9.17) is 26.3 Å². The van der Waals surface area contributed by atoms with Crippen LogP contribution in [0.25, 0.3) is 0 Å². The van der Waals surface area contributed by atoms with E-state index in [2.05, 4.69) is 0 Å². The van der Waals surface area contributed by atoms with Crippen LogP contribution in [0.2, 0.25) is 5.02 Å². The second kappa shape index (κ2) is 8.52. The number of carbonyl (C=O) groups is 2. The maximum atomic E-state index is 12.1. The molecule has 2 rings (SSSR count). The fraction of sp³-hybridized carbons (Fsp3) is 0.333. The average molecular weight is 406 g/mol. The van der Waals surface area contributed by atoms with Gasteiger partial charge < -0.3 is 14.7 Å². The summed E-state index contributed by atoms with van der Waals surface area (Å²) in [5, 5.41) is 11.0. The van der Waals surface area contributed by atoms with E-state index in [-0.39, 0.29) is 12.5 Å². The molecule has 28 heavy (non-hydrogen) atoms. The molecular formula is C21H24ClNO5. The summed E-state index contributed by atoms with van der Waals surface area (Å²) in [6, 6.07) is 10.4. The average Bonchev–Trinajstić information content (AvgIpc) is 2.57. The molecule has 1 amide bonds. The summed E-state index contributed by atoms with van der Waals surface area (Å²) in [4.78, 5) is 29.1. The lowest BCUT2D eigenvalue weighted by molar-refractivity contribution is -0.157. The predicted molar refractivity (Wildman–Crippen MR) is 107 cm³/mol. The number of benzene rings is 2. The Labute approximate surface area is 169 Å². The molecule has 2 aromatic carbocycles. The van der Waals surface area contributed by atoms with Crippen molar-refractivity contribution in [2.24, 2.45) is 0 Å². The largest absolute Gasteiger partial charge is 0.478 e. The lowest BCUT2D eigenvalue weighted by atomic mass is 10.1. The number of amides is 1. The Hall–Kier alpha value is -2.73. The highest BCUT2D eigenvalue weighted by atomic mass is 35.5. The summed E-state index contributed by atoms with van der Waals surface area (Å²) in [5.41, 5.74) is 1.13. The van der Waals surface area contributed by atoms with Gasteiger partial charge in [-0.15, -0.1) is 0 Å². The molecule has 0 saturated carbocycles. The van der Waals surface area contributed by atoms with Crippen LogP contribution in [-0.4, -0.2) is 27.6 Å². The number of halogens is 1. The number of carboxylic acids is 1. The number of aliphatic carboxylic acids is 1. The number of carboxylic acid groups (broad SMARTS) is 1. The Morgan fingerprint density at radius 2 is 1.64 bits per heavy atom. The van der Waals surface area contributed by atoms with Gasteiger partial charge in [-0.2, -0.15) is 5.06 Å². The summed E-state index contributed by atoms with van der Waals surface area (Å²) in [7, 11) is 0. The number of hydrogen-bond acceptors (Lipinski definition) is 4. The summed E-state index contributed by atoms with van der Waals surface area (Å²) >= 11 is 6.05. The fourth-order valence-electron chi connectivity index (χ4n) is 2.53. The first kappa shape index (κ1) is 21.6. The van der Waals surface area contributed by atoms with Crippen molar-refractivity contribution in [3.05, 3.63) is 58.1 Å². The number of hydroxylamine groups is 2. The molecule has 150 valence electrons. The molecule has 0 spiro atoms. The van der Waals surface area contributed by atoms with Crippen molar-refractivity contribution in [3.8, 4) is 11.5 Å². The number of aryl methyl sites for hydroxylation is 2. The van der Waals surface area contributed by atoms with E-state index < -0.39 is 11.6 Å². The van der Waals surface area contributed by atoms with Crippen LogP contribution in [-0.2, 0) is 16.1 Å². The molecule has 2 aromatic rings. The Balaban J connectivity index is 2.15. The molecule has 0 fully saturated rings. The van der Waals surface area contributed by atoms with Gasteiger partial charge in [0.05, 0.1) is 6.54 Å². The number of hydrogen-bond donors (Lipinski definition) is 1. The molecular weight excluding hydrogens is 382 g/mol. The van der Waals surface area contributed by atoms with Gasteiger partial charge >= 0.3 is 5.97 Å². The third kappa shape index (κ3) is 5.39. The molecule has 0 aliphatic carbocycles. The standard InChI is InChI=1S/C21H24ClNO5/c1-13-10-17(22)11-14(2)19(13)28-23(15(3)24)12-16-6-8-18(9-7-16)27-21(4,5)20(25)26/h6-11H,12H2,1-5H3,(H,25,26). The number of rotatable bonds is 7. The van der Waals surface area contributed by atoms with Crippen molar-refractivity contribution in [2.45, 2.75) is 46.8 Å². The van der Waals surface area contributed by atoms with Crippen molar-refractivity contribution < 1.29 is 24.3 Å². The molecule has 0 unspecified atom stereocenters. The number of ether oxygens (including phenoxy) is 1. The van der Waals surface area contributed by atoms with Gasteiger partial charge in [0.15, 0.2) is 11.4 Å². The summed E-state index contributed by atoms with van der Waals surface area (Å²) in [6.07, 6.45) is 0. The van der Waals surface area contributed by atoms with Gasteiger partial charge in [-0.25, -0.2) is 4.79 Å². The van der Waals surface area contributed by atoms with E-state index in [0.29, 0.717) is 16.5 Å². The van der Waals surface area contributed by atoms with Crippen LogP contribution in [0.3, 0.4) is 0 Å². The van der Waals surface area contributed by atoms with E-state index in [1.54, 1.807) is 36.4 Å². The number of carbonyl (C=O) groups excluding carboxylic acids is 1. The minimum absolute atomic E-state index is 0.222. The highest BCUT2D eigenvalue weighted by Crippen LogP contribution is 2.28. The lowest BCUT2D eigenvalue weighted by Crippen LogP contribution is -2.37. The minimum Gasteiger partial charge on any atom is -0.478 e. The Morgan fingerprint density at radius 3 is 2.11 bits per heavy atom. The van der Waals surface area contributed by atoms with Crippen molar-refractivity contribution in [1.82, 2.24) is 5.06 Å². The highest BCUT2D eigenvalue weighted by Gasteiger charge is 2.29. The van der Waals surface area contributed by atoms with Crippen LogP contribution in [0, 0.1) is 13.8 Å². The van der Waals surface area contributed by atoms with Crippen LogP contribution < -0.4 is 9.57 Å². The van der Waals surface area contributed by atoms with E-state index >= 15 is 0 Å². The topological polar surface area (TPSA) is 76.1 Å². The normalized spacial score (nSPS) is 11.1. The van der Waals surface area contributed by atoms with E-state index in [9.17, 15) is 9.59 Å². The van der Waals surface area contributed by atoms with E-state index in [1.165, 1.54) is 25.8 Å². The second-order valence-corrected chi connectivity index (χ2v) is 7.51. The van der Waals surface area contributed by atoms with E-state index in [1.807, 2.05) is 13.8 Å². The first-order chi connectivity index (χ1) is 13.0.